The summed E-state index contributed by atoms with van der Waals surface area (Å²) in [6, 6.07) is 8.10. The number of carbonyl (C=O) groups is 2. The second kappa shape index (κ2) is 10.1. The Kier molecular flexibility index (Phi) is 7.50. The predicted octanol–water partition coefficient (Wildman–Crippen LogP) is 3.26. The molecular weight excluding hydrogens is 372 g/mol. The Labute approximate surface area is 160 Å². The molecule has 2 aromatic carbocycles. The molecule has 0 fully saturated rings. The molecule has 0 aliphatic rings. The third-order valence-corrected chi connectivity index (χ3v) is 3.52. The van der Waals surface area contributed by atoms with E-state index in [1.165, 1.54) is 13.2 Å². The van der Waals surface area contributed by atoms with Crippen molar-refractivity contribution in [1.29, 1.82) is 0 Å². The van der Waals surface area contributed by atoms with Crippen LogP contribution in [0.3, 0.4) is 0 Å². The van der Waals surface area contributed by atoms with Gasteiger partial charge in [0.2, 0.25) is 0 Å². The van der Waals surface area contributed by atoms with E-state index in [0.717, 1.165) is 17.7 Å². The first-order valence-electron chi connectivity index (χ1n) is 8.24. The van der Waals surface area contributed by atoms with Crippen molar-refractivity contribution in [3.8, 4) is 11.5 Å². The normalized spacial score (nSPS) is 10.1. The van der Waals surface area contributed by atoms with E-state index in [2.05, 4.69) is 11.9 Å². The summed E-state index contributed by atoms with van der Waals surface area (Å²) in [5, 5.41) is 2.28. The average molecular weight is 391 g/mol. The molecule has 0 aliphatic carbocycles. The molecule has 0 spiro atoms. The first-order valence-corrected chi connectivity index (χ1v) is 8.24. The molecule has 0 saturated heterocycles. The summed E-state index contributed by atoms with van der Waals surface area (Å²) in [5.41, 5.74) is 1.01. The second-order valence-electron chi connectivity index (χ2n) is 5.60. The Morgan fingerprint density at radius 1 is 1.07 bits per heavy atom. The van der Waals surface area contributed by atoms with E-state index in [1.807, 2.05) is 0 Å². The fourth-order valence-corrected chi connectivity index (χ4v) is 2.22. The van der Waals surface area contributed by atoms with Gasteiger partial charge in [-0.1, -0.05) is 12.1 Å². The van der Waals surface area contributed by atoms with Crippen molar-refractivity contribution in [3.63, 3.8) is 0 Å². The number of carbonyl (C=O) groups excluding carboxylic acids is 2. The van der Waals surface area contributed by atoms with Crippen LogP contribution in [0.25, 0.3) is 0 Å². The third kappa shape index (κ3) is 6.08. The zero-order valence-corrected chi connectivity index (χ0v) is 15.2. The summed E-state index contributed by atoms with van der Waals surface area (Å²) < 4.78 is 41.3. The van der Waals surface area contributed by atoms with Crippen LogP contribution in [0.1, 0.15) is 5.56 Å². The summed E-state index contributed by atoms with van der Waals surface area (Å²) in [6.07, 6.45) is 2.41. The van der Waals surface area contributed by atoms with E-state index < -0.39 is 36.7 Å². The van der Waals surface area contributed by atoms with E-state index in [9.17, 15) is 18.4 Å². The van der Waals surface area contributed by atoms with Gasteiger partial charge in [-0.3, -0.25) is 4.79 Å². The highest BCUT2D eigenvalue weighted by atomic mass is 19.2. The molecule has 28 heavy (non-hydrogen) atoms. The second-order valence-corrected chi connectivity index (χ2v) is 5.60. The molecule has 148 valence electrons. The van der Waals surface area contributed by atoms with Crippen molar-refractivity contribution in [1.82, 2.24) is 0 Å². The van der Waals surface area contributed by atoms with Crippen LogP contribution in [0.5, 0.6) is 11.5 Å². The summed E-state index contributed by atoms with van der Waals surface area (Å²) in [4.78, 5) is 23.5. The monoisotopic (exact) mass is 391 g/mol. The number of hydrogen-bond donors (Lipinski definition) is 1. The van der Waals surface area contributed by atoms with Crippen molar-refractivity contribution in [2.75, 3.05) is 25.6 Å². The number of nitrogens with one attached hydrogen (secondary N) is 1. The Balaban J connectivity index is 1.81. The SMILES string of the molecule is C=CCc1ccc(OCC(=O)OCC(=O)Nc2ccc(F)c(F)c2)c(OC)c1. The van der Waals surface area contributed by atoms with Gasteiger partial charge in [0.25, 0.3) is 5.91 Å². The molecular formula is C20H19F2NO5. The maximum Gasteiger partial charge on any atom is 0.344 e. The van der Waals surface area contributed by atoms with E-state index >= 15 is 0 Å². The molecule has 8 heteroatoms. The number of hydrogen-bond acceptors (Lipinski definition) is 5. The van der Waals surface area contributed by atoms with Crippen LogP contribution in [0, 0.1) is 11.6 Å². The third-order valence-electron chi connectivity index (χ3n) is 3.52. The van der Waals surface area contributed by atoms with Crippen molar-refractivity contribution in [2.24, 2.45) is 0 Å². The highest BCUT2D eigenvalue weighted by Gasteiger charge is 2.12. The lowest BCUT2D eigenvalue weighted by Crippen LogP contribution is -2.23. The molecule has 0 aromatic heterocycles. The number of allylic oxidation sites excluding steroid dienone is 1. The van der Waals surface area contributed by atoms with Crippen LogP contribution in [0.2, 0.25) is 0 Å². The minimum absolute atomic E-state index is 0.0422. The molecule has 2 rings (SSSR count). The number of rotatable bonds is 9. The maximum absolute atomic E-state index is 13.1. The molecule has 0 heterocycles. The number of anilines is 1. The van der Waals surface area contributed by atoms with Crippen LogP contribution in [0.15, 0.2) is 49.1 Å². The lowest BCUT2D eigenvalue weighted by Gasteiger charge is -2.12. The van der Waals surface area contributed by atoms with Gasteiger partial charge in [-0.15, -0.1) is 6.58 Å². The summed E-state index contributed by atoms with van der Waals surface area (Å²) in [7, 11) is 1.47. The first-order chi connectivity index (χ1) is 13.4. The molecule has 0 unspecified atom stereocenters. The summed E-state index contributed by atoms with van der Waals surface area (Å²) in [5.74, 6) is -2.82. The lowest BCUT2D eigenvalue weighted by molar-refractivity contribution is -0.149. The van der Waals surface area contributed by atoms with Gasteiger partial charge in [-0.2, -0.15) is 0 Å². The van der Waals surface area contributed by atoms with Crippen molar-refractivity contribution in [3.05, 3.63) is 66.3 Å². The molecule has 1 amide bonds. The number of ether oxygens (including phenoxy) is 3. The largest absolute Gasteiger partial charge is 0.493 e. The number of benzene rings is 2. The fourth-order valence-electron chi connectivity index (χ4n) is 2.22. The maximum atomic E-state index is 13.1. The molecule has 0 aliphatic heterocycles. The van der Waals surface area contributed by atoms with Gasteiger partial charge < -0.3 is 19.5 Å². The Hall–Kier alpha value is -3.42. The molecule has 6 nitrogen and oxygen atoms in total. The zero-order valence-electron chi connectivity index (χ0n) is 15.2. The smallest absolute Gasteiger partial charge is 0.344 e. The zero-order chi connectivity index (χ0) is 20.5. The van der Waals surface area contributed by atoms with Gasteiger partial charge in [0.05, 0.1) is 7.11 Å². The van der Waals surface area contributed by atoms with Gasteiger partial charge in [0, 0.05) is 11.8 Å². The molecule has 2 aromatic rings. The standard InChI is InChI=1S/C20H19F2NO5/c1-3-4-13-5-8-17(18(9-13)26-2)27-12-20(25)28-11-19(24)23-14-6-7-15(21)16(22)10-14/h3,5-10H,1,4,11-12H2,2H3,(H,23,24). The Bertz CT molecular complexity index is 870. The van der Waals surface area contributed by atoms with Crippen LogP contribution in [0.4, 0.5) is 14.5 Å². The molecule has 0 bridgehead atoms. The number of esters is 1. The highest BCUT2D eigenvalue weighted by Crippen LogP contribution is 2.28. The van der Waals surface area contributed by atoms with E-state index in [1.54, 1.807) is 24.3 Å². The van der Waals surface area contributed by atoms with E-state index in [-0.39, 0.29) is 5.69 Å². The lowest BCUT2D eigenvalue weighted by atomic mass is 10.1. The van der Waals surface area contributed by atoms with Gasteiger partial charge >= 0.3 is 5.97 Å². The van der Waals surface area contributed by atoms with Crippen LogP contribution in [-0.4, -0.2) is 32.2 Å². The van der Waals surface area contributed by atoms with Crippen molar-refractivity contribution >= 4 is 17.6 Å². The fraction of sp³-hybridized carbons (Fsp3) is 0.200. The molecule has 1 N–H and O–H groups in total. The van der Waals surface area contributed by atoms with Gasteiger partial charge in [0.15, 0.2) is 36.3 Å². The summed E-state index contributed by atoms with van der Waals surface area (Å²) >= 11 is 0. The first kappa shape index (κ1) is 20.9. The van der Waals surface area contributed by atoms with Crippen LogP contribution >= 0.6 is 0 Å². The highest BCUT2D eigenvalue weighted by molar-refractivity contribution is 5.92. The van der Waals surface area contributed by atoms with Crippen molar-refractivity contribution in [2.45, 2.75) is 6.42 Å². The molecule has 0 saturated carbocycles. The molecule has 0 atom stereocenters. The van der Waals surface area contributed by atoms with Gasteiger partial charge in [-0.05, 0) is 36.2 Å². The minimum Gasteiger partial charge on any atom is -0.493 e. The Morgan fingerprint density at radius 3 is 2.54 bits per heavy atom. The molecule has 0 radical (unpaired) electrons. The van der Waals surface area contributed by atoms with Crippen LogP contribution < -0.4 is 14.8 Å². The predicted molar refractivity (Wildman–Crippen MR) is 98.3 cm³/mol. The van der Waals surface area contributed by atoms with Gasteiger partial charge in [0.1, 0.15) is 0 Å². The number of amides is 1. The topological polar surface area (TPSA) is 73.9 Å². The quantitative estimate of drug-likeness (QED) is 0.525. The van der Waals surface area contributed by atoms with Crippen LogP contribution in [-0.2, 0) is 20.7 Å². The Morgan fingerprint density at radius 2 is 1.86 bits per heavy atom. The summed E-state index contributed by atoms with van der Waals surface area (Å²) in [6.45, 7) is 2.63. The van der Waals surface area contributed by atoms with E-state index in [4.69, 9.17) is 14.2 Å². The van der Waals surface area contributed by atoms with Gasteiger partial charge in [-0.25, -0.2) is 13.6 Å². The number of halogens is 2. The van der Waals surface area contributed by atoms with E-state index in [0.29, 0.717) is 17.9 Å². The van der Waals surface area contributed by atoms with Crippen molar-refractivity contribution < 1.29 is 32.6 Å². The number of methoxy groups -OCH3 is 1. The minimum atomic E-state index is -1.10. The average Bonchev–Trinajstić information content (AvgIpc) is 2.68.